The topological polar surface area (TPSA) is 209 Å². The molecule has 5 unspecified atom stereocenters. The van der Waals surface area contributed by atoms with Gasteiger partial charge in [0.25, 0.3) is 0 Å². The smallest absolute Gasteiger partial charge is 0.324 e. The number of rotatable bonds is 10. The van der Waals surface area contributed by atoms with Gasteiger partial charge in [0.15, 0.2) is 24.0 Å². The van der Waals surface area contributed by atoms with Crippen molar-refractivity contribution in [1.82, 2.24) is 9.80 Å². The summed E-state index contributed by atoms with van der Waals surface area (Å²) >= 11 is 0. The van der Waals surface area contributed by atoms with E-state index in [0.717, 1.165) is 0 Å². The third kappa shape index (κ3) is 8.26. The molecule has 5 saturated heterocycles. The van der Waals surface area contributed by atoms with Crippen molar-refractivity contribution in [1.29, 1.82) is 0 Å². The molecule has 0 aromatic rings. The van der Waals surface area contributed by atoms with Gasteiger partial charge in [-0.15, -0.1) is 6.58 Å². The number of esters is 2. The van der Waals surface area contributed by atoms with Gasteiger partial charge >= 0.3 is 11.9 Å². The first-order valence-corrected chi connectivity index (χ1v) is 21.2. The van der Waals surface area contributed by atoms with Gasteiger partial charge in [0, 0.05) is 50.6 Å². The van der Waals surface area contributed by atoms with Crippen LogP contribution in [0, 0.1) is 23.2 Å². The van der Waals surface area contributed by atoms with E-state index in [0.29, 0.717) is 13.0 Å². The minimum Gasteiger partial charge on any atom is -0.458 e. The third-order valence-electron chi connectivity index (χ3n) is 14.4. The first-order valence-electron chi connectivity index (χ1n) is 21.2. The monoisotopic (exact) mass is 854 g/mol. The molecule has 5 aliphatic rings. The number of aliphatic hydroxyl groups is 3. The van der Waals surface area contributed by atoms with Crippen LogP contribution in [-0.4, -0.2) is 180 Å². The summed E-state index contributed by atoms with van der Waals surface area (Å²) in [6.07, 6.45) is -10.9. The maximum absolute atomic E-state index is 15.3. The van der Waals surface area contributed by atoms with Crippen LogP contribution in [0.5, 0.6) is 0 Å². The minimum atomic E-state index is -1.83. The van der Waals surface area contributed by atoms with Gasteiger partial charge in [-0.2, -0.15) is 0 Å². The van der Waals surface area contributed by atoms with E-state index in [2.05, 4.69) is 6.58 Å². The number of hydrogen-bond donors (Lipinski definition) is 3. The maximum Gasteiger partial charge on any atom is 0.324 e. The SMILES string of the molecule is C=CCN1CC2(C)C(=O)[C@H](C)C[C@](C)(OC)[C@H](O[C@@H]3O[C@H](C)C[C@H](N(C)C)[C@H]3O)[C@@H](OC3O[C@H](C)[C@@H](O)C(C)(OC)[C@H]3O)C(=O)[C@@H](C)C(=O)O[C@@H](CC)[C@@]3(C)OC(=O)C1C23. The molecule has 0 saturated carbocycles. The van der Waals surface area contributed by atoms with Gasteiger partial charge in [0.2, 0.25) is 0 Å². The molecule has 342 valence electrons. The fourth-order valence-electron chi connectivity index (χ4n) is 10.8. The zero-order valence-electron chi connectivity index (χ0n) is 37.6. The van der Waals surface area contributed by atoms with Crippen LogP contribution in [0.15, 0.2) is 12.7 Å². The molecule has 17 nitrogen and oxygen atoms in total. The number of aliphatic hydroxyl groups excluding tert-OH is 3. The molecule has 5 rings (SSSR count). The second-order valence-electron chi connectivity index (χ2n) is 18.8. The Morgan fingerprint density at radius 1 is 0.917 bits per heavy atom. The molecule has 17 heteroatoms. The van der Waals surface area contributed by atoms with Crippen LogP contribution in [0.25, 0.3) is 0 Å². The van der Waals surface area contributed by atoms with Gasteiger partial charge in [0.05, 0.1) is 17.8 Å². The summed E-state index contributed by atoms with van der Waals surface area (Å²) in [7, 11) is 6.32. The number of carbonyl (C=O) groups is 4. The molecular formula is C43H70N2O15. The highest BCUT2D eigenvalue weighted by atomic mass is 16.7. The summed E-state index contributed by atoms with van der Waals surface area (Å²) in [5, 5.41) is 34.5. The highest BCUT2D eigenvalue weighted by Gasteiger charge is 2.71. The van der Waals surface area contributed by atoms with E-state index in [-0.39, 0.29) is 25.2 Å². The van der Waals surface area contributed by atoms with Crippen molar-refractivity contribution >= 4 is 23.5 Å². The molecule has 0 radical (unpaired) electrons. The van der Waals surface area contributed by atoms with Gasteiger partial charge in [0.1, 0.15) is 60.0 Å². The molecule has 5 heterocycles. The molecule has 5 fully saturated rings. The van der Waals surface area contributed by atoms with Crippen LogP contribution >= 0.6 is 0 Å². The second-order valence-corrected chi connectivity index (χ2v) is 18.8. The Hall–Kier alpha value is -2.42. The fraction of sp³-hybridized carbons (Fsp3) is 0.860. The number of nitrogens with zero attached hydrogens (tertiary/aromatic N) is 2. The van der Waals surface area contributed by atoms with Crippen molar-refractivity contribution in [3.8, 4) is 0 Å². The number of ketones is 2. The lowest BCUT2D eigenvalue weighted by molar-refractivity contribution is -0.351. The number of cyclic esters (lactones) is 1. The number of Topliss-reactive ketones (excluding diaryl/α,β-unsaturated/α-hetero) is 2. The summed E-state index contributed by atoms with van der Waals surface area (Å²) in [6, 6.07) is -1.28. The van der Waals surface area contributed by atoms with Crippen molar-refractivity contribution in [2.75, 3.05) is 41.4 Å². The standard InChI is InChI=1S/C43H70N2O15/c1-15-17-45-20-40(7)31-27(45)37(52)60-42(31,9)26(16-2)57-36(51)23(5)28(46)30(58-39-34(50)43(10,54-14)33(49)24(6)56-39)35(41(8,53-13)19-21(3)32(40)48)59-38-29(47)25(44(11)12)18-22(4)55-38/h15,21-27,29-31,33-35,38-39,47,49-50H,1,16-20H2,2-14H3/t21-,22-,23-,24-,25+,26+,27?,29-,30+,31?,33-,34+,35-,38+,39?,40?,41+,42-,43?/m1/s1. The number of methoxy groups -OCH3 is 2. The summed E-state index contributed by atoms with van der Waals surface area (Å²) in [5.41, 5.74) is -5.97. The van der Waals surface area contributed by atoms with Crippen LogP contribution in [0.4, 0.5) is 0 Å². The van der Waals surface area contributed by atoms with Gasteiger partial charge < -0.3 is 58.1 Å². The van der Waals surface area contributed by atoms with E-state index < -0.39 is 131 Å². The molecule has 0 aromatic carbocycles. The van der Waals surface area contributed by atoms with Crippen molar-refractivity contribution < 1.29 is 72.4 Å². The average Bonchev–Trinajstić information content (AvgIpc) is 3.67. The fourth-order valence-corrected chi connectivity index (χ4v) is 10.8. The van der Waals surface area contributed by atoms with E-state index in [4.69, 9.17) is 37.9 Å². The highest BCUT2D eigenvalue weighted by molar-refractivity contribution is 6.01. The van der Waals surface area contributed by atoms with Gasteiger partial charge in [-0.3, -0.25) is 24.1 Å². The number of ether oxygens (including phenoxy) is 8. The Labute approximate surface area is 354 Å². The van der Waals surface area contributed by atoms with E-state index in [1.165, 1.54) is 28.1 Å². The normalized spacial score (nSPS) is 48.4. The highest BCUT2D eigenvalue weighted by Crippen LogP contribution is 2.56. The maximum atomic E-state index is 15.3. The van der Waals surface area contributed by atoms with E-state index in [1.807, 2.05) is 37.7 Å². The van der Waals surface area contributed by atoms with Gasteiger partial charge in [-0.1, -0.05) is 26.8 Å². The molecule has 5 aliphatic heterocycles. The quantitative estimate of drug-likeness (QED) is 0.161. The van der Waals surface area contributed by atoms with Crippen molar-refractivity contribution in [2.45, 2.75) is 172 Å². The third-order valence-corrected chi connectivity index (χ3v) is 14.4. The molecule has 0 aromatic heterocycles. The lowest BCUT2D eigenvalue weighted by Crippen LogP contribution is -2.68. The number of hydrogen-bond acceptors (Lipinski definition) is 17. The number of likely N-dealkylation sites (N-methyl/N-ethyl adjacent to an activating group) is 1. The Kier molecular flexibility index (Phi) is 14.6. The van der Waals surface area contributed by atoms with Crippen molar-refractivity contribution in [3.05, 3.63) is 12.7 Å². The largest absolute Gasteiger partial charge is 0.458 e. The molecule has 0 bridgehead atoms. The predicted octanol–water partition coefficient (Wildman–Crippen LogP) is 1.40. The number of likely N-dealkylation sites (tertiary alicyclic amines) is 1. The van der Waals surface area contributed by atoms with Crippen LogP contribution in [0.3, 0.4) is 0 Å². The molecule has 19 atom stereocenters. The summed E-state index contributed by atoms with van der Waals surface area (Å²) in [5.74, 6) is -5.78. The van der Waals surface area contributed by atoms with Crippen LogP contribution in [0.2, 0.25) is 0 Å². The number of carbonyl (C=O) groups excluding carboxylic acids is 4. The molecule has 60 heavy (non-hydrogen) atoms. The van der Waals surface area contributed by atoms with Gasteiger partial charge in [-0.25, -0.2) is 0 Å². The zero-order chi connectivity index (χ0) is 45.0. The van der Waals surface area contributed by atoms with Crippen LogP contribution in [-0.2, 0) is 57.1 Å². The van der Waals surface area contributed by atoms with Crippen molar-refractivity contribution in [2.24, 2.45) is 23.2 Å². The lowest BCUT2D eigenvalue weighted by Gasteiger charge is -2.50. The molecule has 0 aliphatic carbocycles. The van der Waals surface area contributed by atoms with Crippen LogP contribution < -0.4 is 0 Å². The Balaban J connectivity index is 1.71. The Bertz CT molecular complexity index is 1610. The van der Waals surface area contributed by atoms with E-state index in [9.17, 15) is 24.9 Å². The molecule has 3 N–H and O–H groups in total. The van der Waals surface area contributed by atoms with Gasteiger partial charge in [-0.05, 0) is 74.9 Å². The average molecular weight is 855 g/mol. The lowest BCUT2D eigenvalue weighted by atomic mass is 9.62. The second kappa shape index (κ2) is 18.0. The minimum absolute atomic E-state index is 0.0927. The molecule has 0 amide bonds. The first-order chi connectivity index (χ1) is 27.9. The van der Waals surface area contributed by atoms with E-state index >= 15 is 9.59 Å². The molecule has 0 spiro atoms. The Morgan fingerprint density at radius 3 is 2.13 bits per heavy atom. The molecular weight excluding hydrogens is 784 g/mol. The summed E-state index contributed by atoms with van der Waals surface area (Å²) < 4.78 is 49.7. The first kappa shape index (κ1) is 48.6. The van der Waals surface area contributed by atoms with E-state index in [1.54, 1.807) is 40.7 Å². The van der Waals surface area contributed by atoms with Crippen molar-refractivity contribution in [3.63, 3.8) is 0 Å². The summed E-state index contributed by atoms with van der Waals surface area (Å²) in [4.78, 5) is 62.4. The van der Waals surface area contributed by atoms with Crippen LogP contribution in [0.1, 0.15) is 81.6 Å². The summed E-state index contributed by atoms with van der Waals surface area (Å²) in [6.45, 7) is 19.2. The predicted molar refractivity (Wildman–Crippen MR) is 214 cm³/mol. The zero-order valence-corrected chi connectivity index (χ0v) is 37.6. The Morgan fingerprint density at radius 2 is 1.57 bits per heavy atom.